The van der Waals surface area contributed by atoms with E-state index in [1.807, 2.05) is 0 Å². The van der Waals surface area contributed by atoms with Gasteiger partial charge in [-0.3, -0.25) is 0 Å². The standard InChI is InChI=1S/C47H39BN2O/c1-28-23-34-32-15-9-12-18-39(32)50(31-19-20-35-36(26-31)47(4,5)22-21-46(35,2)3)48-37-27-42-30(25-41(51-42)29-13-7-6-8-14-29)24-40(37)49-38-17-11-10-16-33(38)43(28)45(49)44(34)48/h6-20,23-27H,21-22H2,1-5H3. The molecule has 51 heavy (non-hydrogen) atoms. The van der Waals surface area contributed by atoms with E-state index < -0.39 is 0 Å². The summed E-state index contributed by atoms with van der Waals surface area (Å²) in [6.07, 6.45) is 2.39. The number of furan rings is 1. The van der Waals surface area contributed by atoms with Crippen LogP contribution in [0.4, 0.5) is 11.4 Å². The second-order valence-electron chi connectivity index (χ2n) is 16.4. The molecular formula is C47H39BN2O. The molecule has 0 saturated heterocycles. The largest absolute Gasteiger partial charge is 0.456 e. The second kappa shape index (κ2) is 9.85. The van der Waals surface area contributed by atoms with Crippen molar-refractivity contribution >= 4 is 61.9 Å². The van der Waals surface area contributed by atoms with Crippen LogP contribution in [0.2, 0.25) is 0 Å². The number of hydrogen-bond donors (Lipinski definition) is 0. The molecule has 0 N–H and O–H groups in total. The molecule has 0 bridgehead atoms. The van der Waals surface area contributed by atoms with Gasteiger partial charge in [0.2, 0.25) is 0 Å². The molecule has 0 radical (unpaired) electrons. The van der Waals surface area contributed by atoms with Crippen LogP contribution in [-0.4, -0.2) is 11.4 Å². The summed E-state index contributed by atoms with van der Waals surface area (Å²) in [5.41, 5.74) is 18.1. The van der Waals surface area contributed by atoms with E-state index in [1.165, 1.54) is 90.5 Å². The number of aryl methyl sites for hydroxylation is 1. The van der Waals surface area contributed by atoms with E-state index >= 15 is 0 Å². The molecule has 2 aromatic heterocycles. The number of benzene rings is 6. The summed E-state index contributed by atoms with van der Waals surface area (Å²) in [4.78, 5) is 2.65. The van der Waals surface area contributed by atoms with Crippen molar-refractivity contribution < 1.29 is 4.42 Å². The summed E-state index contributed by atoms with van der Waals surface area (Å²) in [5, 5.41) is 3.78. The maximum Gasteiger partial charge on any atom is 0.333 e. The summed E-state index contributed by atoms with van der Waals surface area (Å²) in [6, 6.07) is 45.3. The van der Waals surface area contributed by atoms with Gasteiger partial charge in [-0.05, 0) is 106 Å². The third-order valence-corrected chi connectivity index (χ3v) is 12.5. The molecule has 0 unspecified atom stereocenters. The molecule has 8 aromatic rings. The van der Waals surface area contributed by atoms with Gasteiger partial charge in [0, 0.05) is 44.3 Å². The normalized spacial score (nSPS) is 16.4. The highest BCUT2D eigenvalue weighted by atomic mass is 16.3. The fraction of sp³-hybridized carbons (Fsp3) is 0.191. The lowest BCUT2D eigenvalue weighted by molar-refractivity contribution is 0.332. The van der Waals surface area contributed by atoms with Crippen LogP contribution < -0.4 is 15.7 Å². The molecule has 3 aliphatic rings. The van der Waals surface area contributed by atoms with E-state index in [0.717, 1.165) is 22.3 Å². The Kier molecular flexibility index (Phi) is 5.66. The van der Waals surface area contributed by atoms with Gasteiger partial charge in [0.25, 0.3) is 0 Å². The van der Waals surface area contributed by atoms with Crippen LogP contribution in [0.5, 0.6) is 0 Å². The quantitative estimate of drug-likeness (QED) is 0.172. The van der Waals surface area contributed by atoms with Crippen LogP contribution in [0.3, 0.4) is 0 Å². The van der Waals surface area contributed by atoms with Gasteiger partial charge in [-0.15, -0.1) is 0 Å². The number of anilines is 2. The van der Waals surface area contributed by atoms with E-state index in [4.69, 9.17) is 4.42 Å². The summed E-state index contributed by atoms with van der Waals surface area (Å²) in [6.45, 7) is 12.0. The third-order valence-electron chi connectivity index (χ3n) is 12.5. The molecule has 0 atom stereocenters. The molecule has 0 spiro atoms. The van der Waals surface area contributed by atoms with Crippen LogP contribution in [0.15, 0.2) is 126 Å². The molecule has 1 aliphatic carbocycles. The molecular weight excluding hydrogens is 619 g/mol. The summed E-state index contributed by atoms with van der Waals surface area (Å²) < 4.78 is 9.27. The van der Waals surface area contributed by atoms with E-state index in [0.29, 0.717) is 0 Å². The van der Waals surface area contributed by atoms with Crippen LogP contribution in [-0.2, 0) is 10.8 Å². The fourth-order valence-corrected chi connectivity index (χ4v) is 9.87. The van der Waals surface area contributed by atoms with E-state index in [-0.39, 0.29) is 17.7 Å². The molecule has 0 saturated carbocycles. The summed E-state index contributed by atoms with van der Waals surface area (Å²) in [5.74, 6) is 0.898. The first-order valence-corrected chi connectivity index (χ1v) is 18.4. The highest BCUT2D eigenvalue weighted by Crippen LogP contribution is 2.50. The van der Waals surface area contributed by atoms with Gasteiger partial charge in [0.05, 0.1) is 11.0 Å². The average Bonchev–Trinajstić information content (AvgIpc) is 3.73. The van der Waals surface area contributed by atoms with Gasteiger partial charge in [0.1, 0.15) is 11.3 Å². The Morgan fingerprint density at radius 1 is 0.667 bits per heavy atom. The maximum atomic E-state index is 6.72. The van der Waals surface area contributed by atoms with Gasteiger partial charge in [-0.25, -0.2) is 0 Å². The highest BCUT2D eigenvalue weighted by Gasteiger charge is 2.45. The molecule has 246 valence electrons. The SMILES string of the molecule is Cc1cc2c3c4c1c1ccccc1n4-c1cc4cc(-c5ccccc5)oc4cc1B3N(c1ccc3c(c1)C(C)(C)CCC3(C)C)c1ccccc1-2. The Bertz CT molecular complexity index is 2780. The van der Waals surface area contributed by atoms with Crippen molar-refractivity contribution in [1.29, 1.82) is 0 Å². The Morgan fingerprint density at radius 2 is 1.41 bits per heavy atom. The van der Waals surface area contributed by atoms with Crippen molar-refractivity contribution in [2.45, 2.75) is 58.3 Å². The molecule has 4 heterocycles. The second-order valence-corrected chi connectivity index (χ2v) is 16.4. The lowest BCUT2D eigenvalue weighted by Crippen LogP contribution is -2.60. The molecule has 0 amide bonds. The van der Waals surface area contributed by atoms with E-state index in [2.05, 4.69) is 165 Å². The number of hydrogen-bond acceptors (Lipinski definition) is 2. The monoisotopic (exact) mass is 658 g/mol. The van der Waals surface area contributed by atoms with E-state index in [9.17, 15) is 0 Å². The summed E-state index contributed by atoms with van der Waals surface area (Å²) in [7, 11) is 0. The Morgan fingerprint density at radius 3 is 2.25 bits per heavy atom. The molecule has 11 rings (SSSR count). The van der Waals surface area contributed by atoms with Gasteiger partial charge >= 0.3 is 6.85 Å². The van der Waals surface area contributed by atoms with E-state index in [1.54, 1.807) is 0 Å². The van der Waals surface area contributed by atoms with Crippen LogP contribution in [0.25, 0.3) is 60.9 Å². The number of para-hydroxylation sites is 2. The molecule has 4 heteroatoms. The Labute approximate surface area is 299 Å². The topological polar surface area (TPSA) is 21.3 Å². The van der Waals surface area contributed by atoms with Crippen molar-refractivity contribution in [3.8, 4) is 28.1 Å². The molecule has 3 nitrogen and oxygen atoms in total. The Balaban J connectivity index is 1.27. The summed E-state index contributed by atoms with van der Waals surface area (Å²) >= 11 is 0. The zero-order valence-corrected chi connectivity index (χ0v) is 29.8. The number of fused-ring (bicyclic) bond motifs is 10. The van der Waals surface area contributed by atoms with Crippen molar-refractivity contribution in [3.63, 3.8) is 0 Å². The smallest absolute Gasteiger partial charge is 0.333 e. The minimum Gasteiger partial charge on any atom is -0.456 e. The van der Waals surface area contributed by atoms with Crippen LogP contribution in [0, 0.1) is 6.92 Å². The van der Waals surface area contributed by atoms with Crippen molar-refractivity contribution in [2.24, 2.45) is 0 Å². The van der Waals surface area contributed by atoms with Crippen molar-refractivity contribution in [2.75, 3.05) is 4.81 Å². The third kappa shape index (κ3) is 3.85. The predicted molar refractivity (Wildman–Crippen MR) is 215 cm³/mol. The fourth-order valence-electron chi connectivity index (χ4n) is 9.87. The average molecular weight is 659 g/mol. The van der Waals surface area contributed by atoms with Crippen molar-refractivity contribution in [3.05, 3.63) is 138 Å². The van der Waals surface area contributed by atoms with Gasteiger partial charge in [-0.1, -0.05) is 107 Å². The zero-order chi connectivity index (χ0) is 34.4. The van der Waals surface area contributed by atoms with Crippen molar-refractivity contribution in [1.82, 2.24) is 4.57 Å². The Hall–Kier alpha value is -5.48. The first-order valence-electron chi connectivity index (χ1n) is 18.4. The number of rotatable bonds is 2. The number of aromatic nitrogens is 1. The predicted octanol–water partition coefficient (Wildman–Crippen LogP) is 11.1. The lowest BCUT2D eigenvalue weighted by atomic mass is 9.43. The minimum atomic E-state index is -0.0442. The maximum absolute atomic E-state index is 6.72. The van der Waals surface area contributed by atoms with Gasteiger partial charge < -0.3 is 13.8 Å². The highest BCUT2D eigenvalue weighted by molar-refractivity contribution is 6.93. The zero-order valence-electron chi connectivity index (χ0n) is 29.8. The van der Waals surface area contributed by atoms with Crippen LogP contribution >= 0.6 is 0 Å². The lowest BCUT2D eigenvalue weighted by Gasteiger charge is -2.45. The molecule has 0 fully saturated rings. The molecule has 2 aliphatic heterocycles. The van der Waals surface area contributed by atoms with Crippen LogP contribution in [0.1, 0.15) is 57.2 Å². The minimum absolute atomic E-state index is 0.0442. The van der Waals surface area contributed by atoms with Gasteiger partial charge in [-0.2, -0.15) is 0 Å². The van der Waals surface area contributed by atoms with Gasteiger partial charge in [0.15, 0.2) is 0 Å². The molecule has 6 aromatic carbocycles. The first kappa shape index (κ1) is 29.3. The first-order chi connectivity index (χ1) is 24.7. The number of nitrogens with zero attached hydrogens (tertiary/aromatic N) is 2.